The van der Waals surface area contributed by atoms with Gasteiger partial charge in [0.15, 0.2) is 0 Å². The van der Waals surface area contributed by atoms with E-state index in [1.807, 2.05) is 0 Å². The second kappa shape index (κ2) is 8.91. The number of carbonyl (C=O) groups is 2. The SMILES string of the molecule is NCc1cc(OC(F)(F)F)cc2c1OC(C(F)(F)F)C(C(=O)O)=C2.O=C(O)C(F)(F)F. The smallest absolute Gasteiger partial charge is 0.478 e. The number of ether oxygens (including phenoxy) is 2. The summed E-state index contributed by atoms with van der Waals surface area (Å²) in [6.45, 7) is -0.446. The van der Waals surface area contributed by atoms with Crippen molar-refractivity contribution in [3.8, 4) is 11.5 Å². The van der Waals surface area contributed by atoms with Gasteiger partial charge in [0, 0.05) is 17.7 Å². The fourth-order valence-corrected chi connectivity index (χ4v) is 2.12. The minimum atomic E-state index is -5.08. The van der Waals surface area contributed by atoms with Gasteiger partial charge in [-0.3, -0.25) is 0 Å². The molecule has 0 spiro atoms. The second-order valence-electron chi connectivity index (χ2n) is 5.50. The van der Waals surface area contributed by atoms with Gasteiger partial charge >= 0.3 is 30.7 Å². The highest BCUT2D eigenvalue weighted by molar-refractivity contribution is 5.95. The normalized spacial score (nSPS) is 16.2. The second-order valence-corrected chi connectivity index (χ2v) is 5.50. The Labute approximate surface area is 165 Å². The average molecular weight is 471 g/mol. The van der Waals surface area contributed by atoms with Gasteiger partial charge in [-0.25, -0.2) is 9.59 Å². The molecule has 0 fully saturated rings. The van der Waals surface area contributed by atoms with Crippen molar-refractivity contribution < 1.29 is 68.8 Å². The zero-order valence-electron chi connectivity index (χ0n) is 14.5. The summed E-state index contributed by atoms with van der Waals surface area (Å²) in [6.07, 6.45) is -17.3. The lowest BCUT2D eigenvalue weighted by Crippen LogP contribution is -2.40. The van der Waals surface area contributed by atoms with E-state index in [9.17, 15) is 44.3 Å². The van der Waals surface area contributed by atoms with Crippen molar-refractivity contribution in [2.45, 2.75) is 31.4 Å². The van der Waals surface area contributed by atoms with E-state index in [0.717, 1.165) is 12.1 Å². The maximum absolute atomic E-state index is 12.9. The molecule has 1 heterocycles. The molecule has 31 heavy (non-hydrogen) atoms. The number of hydrogen-bond donors (Lipinski definition) is 3. The van der Waals surface area contributed by atoms with Crippen LogP contribution < -0.4 is 15.2 Å². The zero-order valence-corrected chi connectivity index (χ0v) is 14.5. The summed E-state index contributed by atoms with van der Waals surface area (Å²) in [7, 11) is 0. The number of aliphatic carboxylic acids is 2. The summed E-state index contributed by atoms with van der Waals surface area (Å²) < 4.78 is 116. The Balaban J connectivity index is 0.000000592. The molecule has 1 aromatic rings. The van der Waals surface area contributed by atoms with Crippen LogP contribution in [0.25, 0.3) is 6.08 Å². The van der Waals surface area contributed by atoms with Crippen LogP contribution in [-0.4, -0.2) is 47.0 Å². The van der Waals surface area contributed by atoms with E-state index in [2.05, 4.69) is 9.47 Å². The summed E-state index contributed by atoms with van der Waals surface area (Å²) in [5, 5.41) is 16.0. The van der Waals surface area contributed by atoms with E-state index in [-0.39, 0.29) is 11.1 Å². The monoisotopic (exact) mass is 471 g/mol. The molecule has 1 aliphatic rings. The van der Waals surface area contributed by atoms with Gasteiger partial charge in [0.05, 0.1) is 5.57 Å². The third-order valence-electron chi connectivity index (χ3n) is 3.24. The summed E-state index contributed by atoms with van der Waals surface area (Å²) >= 11 is 0. The summed E-state index contributed by atoms with van der Waals surface area (Å²) in [4.78, 5) is 19.9. The number of carboxylic acids is 2. The molecule has 7 nitrogen and oxygen atoms in total. The maximum atomic E-state index is 12.9. The largest absolute Gasteiger partial charge is 0.573 e. The predicted molar refractivity (Wildman–Crippen MR) is 80.8 cm³/mol. The number of rotatable bonds is 3. The molecule has 174 valence electrons. The minimum Gasteiger partial charge on any atom is -0.478 e. The number of hydrogen-bond acceptors (Lipinski definition) is 5. The highest BCUT2D eigenvalue weighted by Crippen LogP contribution is 2.41. The average Bonchev–Trinajstić information content (AvgIpc) is 2.57. The molecule has 0 aliphatic carbocycles. The molecule has 1 aromatic carbocycles. The molecule has 0 radical (unpaired) electrons. The maximum Gasteiger partial charge on any atom is 0.573 e. The predicted octanol–water partition coefficient (Wildman–Crippen LogP) is 3.47. The first-order valence-corrected chi connectivity index (χ1v) is 7.48. The van der Waals surface area contributed by atoms with Crippen LogP contribution in [-0.2, 0) is 16.1 Å². The van der Waals surface area contributed by atoms with Crippen molar-refractivity contribution in [3.63, 3.8) is 0 Å². The number of benzene rings is 1. The molecule has 1 aliphatic heterocycles. The van der Waals surface area contributed by atoms with Crippen molar-refractivity contribution in [2.24, 2.45) is 5.73 Å². The number of nitrogens with two attached hydrogens (primary N) is 1. The zero-order chi connectivity index (χ0) is 24.4. The van der Waals surface area contributed by atoms with Crippen LogP contribution >= 0.6 is 0 Å². The van der Waals surface area contributed by atoms with Gasteiger partial charge in [-0.05, 0) is 18.2 Å². The molecule has 0 saturated heterocycles. The highest BCUT2D eigenvalue weighted by atomic mass is 19.4. The van der Waals surface area contributed by atoms with Gasteiger partial charge in [-0.1, -0.05) is 0 Å². The topological polar surface area (TPSA) is 119 Å². The highest BCUT2D eigenvalue weighted by Gasteiger charge is 2.49. The van der Waals surface area contributed by atoms with E-state index in [1.165, 1.54) is 0 Å². The van der Waals surface area contributed by atoms with Crippen molar-refractivity contribution >= 4 is 18.0 Å². The van der Waals surface area contributed by atoms with Crippen LogP contribution in [0.3, 0.4) is 0 Å². The van der Waals surface area contributed by atoms with Crippen LogP contribution in [0.15, 0.2) is 17.7 Å². The number of alkyl halides is 9. The van der Waals surface area contributed by atoms with E-state index >= 15 is 0 Å². The van der Waals surface area contributed by atoms with Crippen molar-refractivity contribution in [1.82, 2.24) is 0 Å². The minimum absolute atomic E-state index is 0.193. The molecule has 1 unspecified atom stereocenters. The van der Waals surface area contributed by atoms with Gasteiger partial charge in [0.1, 0.15) is 11.5 Å². The van der Waals surface area contributed by atoms with Gasteiger partial charge < -0.3 is 25.4 Å². The third kappa shape index (κ3) is 7.23. The fraction of sp³-hybridized carbons (Fsp3) is 0.333. The molecule has 0 aromatic heterocycles. The Kier molecular flexibility index (Phi) is 7.43. The molecular weight excluding hydrogens is 461 g/mol. The van der Waals surface area contributed by atoms with E-state index in [0.29, 0.717) is 6.08 Å². The van der Waals surface area contributed by atoms with Gasteiger partial charge in [0.2, 0.25) is 6.10 Å². The molecule has 0 amide bonds. The molecule has 0 saturated carbocycles. The first-order chi connectivity index (χ1) is 13.9. The van der Waals surface area contributed by atoms with Gasteiger partial charge in [-0.15, -0.1) is 13.2 Å². The Morgan fingerprint density at radius 2 is 1.55 bits per heavy atom. The van der Waals surface area contributed by atoms with Crippen LogP contribution in [0.2, 0.25) is 0 Å². The third-order valence-corrected chi connectivity index (χ3v) is 3.24. The summed E-state index contributed by atoms with van der Waals surface area (Å²) in [5.74, 6) is -5.87. The molecule has 4 N–H and O–H groups in total. The van der Waals surface area contributed by atoms with Crippen LogP contribution in [0.4, 0.5) is 39.5 Å². The Bertz CT molecular complexity index is 873. The Hall–Kier alpha value is -3.17. The van der Waals surface area contributed by atoms with Gasteiger partial charge in [-0.2, -0.15) is 26.3 Å². The summed E-state index contributed by atoms with van der Waals surface area (Å²) in [5.41, 5.74) is 3.65. The Morgan fingerprint density at radius 3 is 1.90 bits per heavy atom. The number of fused-ring (bicyclic) bond motifs is 1. The van der Waals surface area contributed by atoms with Crippen LogP contribution in [0, 0.1) is 0 Å². The molecule has 16 heteroatoms. The lowest BCUT2D eigenvalue weighted by atomic mass is 9.98. The Morgan fingerprint density at radius 1 is 1.03 bits per heavy atom. The van der Waals surface area contributed by atoms with E-state index in [1.54, 1.807) is 0 Å². The van der Waals surface area contributed by atoms with Gasteiger partial charge in [0.25, 0.3) is 0 Å². The first-order valence-electron chi connectivity index (χ1n) is 7.48. The standard InChI is InChI=1S/C13H9F6NO4.C2HF3O2/c14-12(15,16)10-8(11(21)22)3-5-1-7(24-13(17,18)19)2-6(4-20)9(5)23-10;3-2(4,5)1(6)7/h1-3,10H,4,20H2,(H,21,22);(H,6,7). The van der Waals surface area contributed by atoms with E-state index in [4.69, 9.17) is 20.7 Å². The lowest BCUT2D eigenvalue weighted by Gasteiger charge is -2.28. The van der Waals surface area contributed by atoms with Crippen LogP contribution in [0.5, 0.6) is 11.5 Å². The summed E-state index contributed by atoms with van der Waals surface area (Å²) in [6, 6.07) is 1.50. The first kappa shape index (κ1) is 25.9. The van der Waals surface area contributed by atoms with Crippen molar-refractivity contribution in [3.05, 3.63) is 28.8 Å². The fourth-order valence-electron chi connectivity index (χ4n) is 2.12. The van der Waals surface area contributed by atoms with E-state index < -0.39 is 60.4 Å². The van der Waals surface area contributed by atoms with Crippen LogP contribution in [0.1, 0.15) is 11.1 Å². The molecule has 1 atom stereocenters. The molecular formula is C15H10F9NO6. The molecule has 0 bridgehead atoms. The molecule has 2 rings (SSSR count). The number of carboxylic acid groups (broad SMARTS) is 2. The van der Waals surface area contributed by atoms with Crippen molar-refractivity contribution in [1.29, 1.82) is 0 Å². The van der Waals surface area contributed by atoms with Crippen molar-refractivity contribution in [2.75, 3.05) is 0 Å². The lowest BCUT2D eigenvalue weighted by molar-refractivity contribution is -0.274. The quantitative estimate of drug-likeness (QED) is 0.578. The number of halogens is 9.